The van der Waals surface area contributed by atoms with E-state index >= 15 is 0 Å². The number of benzene rings is 1. The van der Waals surface area contributed by atoms with E-state index in [2.05, 4.69) is 57.3 Å². The van der Waals surface area contributed by atoms with Crippen LogP contribution in [-0.2, 0) is 4.74 Å². The van der Waals surface area contributed by atoms with Crippen LogP contribution in [0.4, 0.5) is 0 Å². The molecule has 0 aromatic heterocycles. The van der Waals surface area contributed by atoms with E-state index in [1.54, 1.807) is 0 Å². The lowest BCUT2D eigenvalue weighted by Gasteiger charge is -2.36. The number of aliphatic hydroxyl groups excluding tert-OH is 1. The molecular weight excluding hydrogens is 332 g/mol. The third kappa shape index (κ3) is 5.04. The number of morpholine rings is 1. The maximum atomic E-state index is 9.29. The molecule has 0 amide bonds. The summed E-state index contributed by atoms with van der Waals surface area (Å²) in [6.45, 7) is 4.93. The Morgan fingerprint density at radius 3 is 2.71 bits per heavy atom. The largest absolute Gasteiger partial charge is 0.394 e. The highest BCUT2D eigenvalue weighted by molar-refractivity contribution is 9.10. The summed E-state index contributed by atoms with van der Waals surface area (Å²) in [7, 11) is 2.01. The van der Waals surface area contributed by atoms with Gasteiger partial charge < -0.3 is 15.2 Å². The lowest BCUT2D eigenvalue weighted by Crippen LogP contribution is -2.48. The van der Waals surface area contributed by atoms with Gasteiger partial charge in [-0.2, -0.15) is 0 Å². The van der Waals surface area contributed by atoms with Crippen LogP contribution in [0.1, 0.15) is 24.9 Å². The molecule has 118 valence electrons. The number of nitrogens with zero attached hydrogens (tertiary/aromatic N) is 1. The molecule has 1 heterocycles. The molecule has 0 aliphatic carbocycles. The first kappa shape index (κ1) is 16.9. The minimum atomic E-state index is -0.0468. The van der Waals surface area contributed by atoms with Gasteiger partial charge in [0.25, 0.3) is 0 Å². The number of halogens is 1. The molecule has 1 aliphatic heterocycles. The van der Waals surface area contributed by atoms with Crippen molar-refractivity contribution in [3.05, 3.63) is 34.3 Å². The topological polar surface area (TPSA) is 44.7 Å². The van der Waals surface area contributed by atoms with E-state index in [-0.39, 0.29) is 18.8 Å². The summed E-state index contributed by atoms with van der Waals surface area (Å²) in [5.41, 5.74) is 1.31. The summed E-state index contributed by atoms with van der Waals surface area (Å²) < 4.78 is 6.79. The van der Waals surface area contributed by atoms with E-state index in [4.69, 9.17) is 4.74 Å². The lowest BCUT2D eigenvalue weighted by molar-refractivity contribution is -0.0955. The van der Waals surface area contributed by atoms with Crippen molar-refractivity contribution < 1.29 is 9.84 Å². The van der Waals surface area contributed by atoms with Crippen molar-refractivity contribution in [2.24, 2.45) is 0 Å². The molecule has 1 aromatic carbocycles. The molecule has 1 saturated heterocycles. The molecule has 0 radical (unpaired) electrons. The second-order valence-electron chi connectivity index (χ2n) is 5.69. The van der Waals surface area contributed by atoms with Crippen molar-refractivity contribution in [1.82, 2.24) is 10.2 Å². The molecule has 2 rings (SSSR count). The Morgan fingerprint density at radius 2 is 2.10 bits per heavy atom. The van der Waals surface area contributed by atoms with Gasteiger partial charge in [-0.25, -0.2) is 0 Å². The van der Waals surface area contributed by atoms with E-state index in [0.29, 0.717) is 6.04 Å². The SMILES string of the molecule is CNC(CCN1CC(C)OC(CO)C1)c1ccc(Br)cc1. The summed E-state index contributed by atoms with van der Waals surface area (Å²) >= 11 is 3.47. The first-order valence-corrected chi connectivity index (χ1v) is 8.33. The zero-order valence-corrected chi connectivity index (χ0v) is 14.3. The van der Waals surface area contributed by atoms with Crippen molar-refractivity contribution in [2.75, 3.05) is 33.3 Å². The van der Waals surface area contributed by atoms with Gasteiger partial charge in [-0.1, -0.05) is 28.1 Å². The van der Waals surface area contributed by atoms with E-state index in [1.807, 2.05) is 7.05 Å². The fraction of sp³-hybridized carbons (Fsp3) is 0.625. The standard InChI is InChI=1S/C16H25BrN2O2/c1-12-9-19(10-15(11-20)21-12)8-7-16(18-2)13-3-5-14(17)6-4-13/h3-6,12,15-16,18,20H,7-11H2,1-2H3. The summed E-state index contributed by atoms with van der Waals surface area (Å²) in [4.78, 5) is 2.39. The fourth-order valence-corrected chi connectivity index (χ4v) is 3.17. The van der Waals surface area contributed by atoms with E-state index in [9.17, 15) is 5.11 Å². The van der Waals surface area contributed by atoms with Crippen LogP contribution >= 0.6 is 15.9 Å². The Bertz CT molecular complexity index is 427. The van der Waals surface area contributed by atoms with Crippen molar-refractivity contribution >= 4 is 15.9 Å². The number of aliphatic hydroxyl groups is 1. The van der Waals surface area contributed by atoms with Crippen LogP contribution < -0.4 is 5.32 Å². The molecule has 3 atom stereocenters. The summed E-state index contributed by atoms with van der Waals surface area (Å²) in [5.74, 6) is 0. The zero-order chi connectivity index (χ0) is 15.2. The van der Waals surface area contributed by atoms with Crippen molar-refractivity contribution in [1.29, 1.82) is 0 Å². The summed E-state index contributed by atoms with van der Waals surface area (Å²) in [5, 5.41) is 12.7. The highest BCUT2D eigenvalue weighted by Gasteiger charge is 2.25. The number of ether oxygens (including phenoxy) is 1. The van der Waals surface area contributed by atoms with E-state index in [1.165, 1.54) is 5.56 Å². The molecule has 0 saturated carbocycles. The maximum Gasteiger partial charge on any atom is 0.0936 e. The molecule has 3 unspecified atom stereocenters. The molecule has 0 bridgehead atoms. The quantitative estimate of drug-likeness (QED) is 0.819. The van der Waals surface area contributed by atoms with Crippen LogP contribution in [0.3, 0.4) is 0 Å². The molecular formula is C16H25BrN2O2. The average molecular weight is 357 g/mol. The molecule has 1 fully saturated rings. The second-order valence-corrected chi connectivity index (χ2v) is 6.61. The van der Waals surface area contributed by atoms with Gasteiger partial charge in [0.15, 0.2) is 0 Å². The molecule has 5 heteroatoms. The Kier molecular flexibility index (Phi) is 6.64. The van der Waals surface area contributed by atoms with Gasteiger partial charge in [-0.15, -0.1) is 0 Å². The van der Waals surface area contributed by atoms with Crippen LogP contribution in [0.2, 0.25) is 0 Å². The van der Waals surface area contributed by atoms with Crippen molar-refractivity contribution in [2.45, 2.75) is 31.6 Å². The minimum absolute atomic E-state index is 0.0468. The smallest absolute Gasteiger partial charge is 0.0936 e. The van der Waals surface area contributed by atoms with Gasteiger partial charge in [-0.05, 0) is 38.1 Å². The fourth-order valence-electron chi connectivity index (χ4n) is 2.91. The number of hydrogen-bond acceptors (Lipinski definition) is 4. The lowest BCUT2D eigenvalue weighted by atomic mass is 10.0. The molecule has 2 N–H and O–H groups in total. The monoisotopic (exact) mass is 356 g/mol. The Balaban J connectivity index is 1.89. The first-order chi connectivity index (χ1) is 10.1. The van der Waals surface area contributed by atoms with Crippen LogP contribution in [0.15, 0.2) is 28.7 Å². The van der Waals surface area contributed by atoms with Gasteiger partial charge in [-0.3, -0.25) is 4.90 Å². The number of rotatable bonds is 6. The van der Waals surface area contributed by atoms with Crippen LogP contribution in [-0.4, -0.2) is 55.5 Å². The van der Waals surface area contributed by atoms with Gasteiger partial charge >= 0.3 is 0 Å². The van der Waals surface area contributed by atoms with Crippen LogP contribution in [0.25, 0.3) is 0 Å². The zero-order valence-electron chi connectivity index (χ0n) is 12.8. The van der Waals surface area contributed by atoms with Gasteiger partial charge in [0, 0.05) is 30.1 Å². The van der Waals surface area contributed by atoms with Crippen molar-refractivity contribution in [3.8, 4) is 0 Å². The average Bonchev–Trinajstić information content (AvgIpc) is 2.49. The predicted molar refractivity (Wildman–Crippen MR) is 88.4 cm³/mol. The normalized spacial score (nSPS) is 25.0. The maximum absolute atomic E-state index is 9.29. The van der Waals surface area contributed by atoms with E-state index < -0.39 is 0 Å². The Labute approximate surface area is 135 Å². The van der Waals surface area contributed by atoms with Gasteiger partial charge in [0.1, 0.15) is 0 Å². The Hall–Kier alpha value is -0.460. The van der Waals surface area contributed by atoms with Gasteiger partial charge in [0.05, 0.1) is 18.8 Å². The second kappa shape index (κ2) is 8.25. The van der Waals surface area contributed by atoms with E-state index in [0.717, 1.165) is 30.5 Å². The molecule has 4 nitrogen and oxygen atoms in total. The minimum Gasteiger partial charge on any atom is -0.394 e. The number of nitrogens with one attached hydrogen (secondary N) is 1. The van der Waals surface area contributed by atoms with Gasteiger partial charge in [0.2, 0.25) is 0 Å². The third-order valence-corrected chi connectivity index (χ3v) is 4.49. The molecule has 1 aliphatic rings. The van der Waals surface area contributed by atoms with Crippen LogP contribution in [0, 0.1) is 0 Å². The molecule has 1 aromatic rings. The highest BCUT2D eigenvalue weighted by atomic mass is 79.9. The summed E-state index contributed by atoms with van der Waals surface area (Å²) in [6.07, 6.45) is 1.19. The Morgan fingerprint density at radius 1 is 1.38 bits per heavy atom. The number of hydrogen-bond donors (Lipinski definition) is 2. The molecule has 21 heavy (non-hydrogen) atoms. The highest BCUT2D eigenvalue weighted by Crippen LogP contribution is 2.20. The summed E-state index contributed by atoms with van der Waals surface area (Å²) in [6, 6.07) is 8.83. The molecule has 0 spiro atoms. The first-order valence-electron chi connectivity index (χ1n) is 7.53. The predicted octanol–water partition coefficient (Wildman–Crippen LogP) is 2.18. The third-order valence-electron chi connectivity index (χ3n) is 3.96. The van der Waals surface area contributed by atoms with Crippen LogP contribution in [0.5, 0.6) is 0 Å². The van der Waals surface area contributed by atoms with Crippen molar-refractivity contribution in [3.63, 3.8) is 0 Å².